The maximum Gasteiger partial charge on any atom is 0.359 e. The minimum atomic E-state index is -0.557. The lowest BCUT2D eigenvalue weighted by Gasteiger charge is -2.28. The Kier molecular flexibility index (Phi) is 8.45. The van der Waals surface area contributed by atoms with Crippen LogP contribution in [0.4, 0.5) is 11.4 Å². The predicted octanol–water partition coefficient (Wildman–Crippen LogP) is 4.61. The van der Waals surface area contributed by atoms with Crippen LogP contribution in [0, 0.1) is 0 Å². The number of nitrogens with zero attached hydrogens (tertiary/aromatic N) is 3. The summed E-state index contributed by atoms with van der Waals surface area (Å²) in [6, 6.07) is 14.2. The van der Waals surface area contributed by atoms with Crippen molar-refractivity contribution in [1.82, 2.24) is 9.78 Å². The Bertz CT molecular complexity index is 1270. The zero-order valence-corrected chi connectivity index (χ0v) is 21.6. The molecular formula is C27H29ClN4O5. The lowest BCUT2D eigenvalue weighted by Crippen LogP contribution is -2.39. The third-order valence-corrected chi connectivity index (χ3v) is 6.32. The number of unbranched alkanes of at least 4 members (excludes halogenated alkanes) is 1. The Labute approximate surface area is 220 Å². The van der Waals surface area contributed by atoms with Crippen LogP contribution in [0.2, 0.25) is 0 Å². The van der Waals surface area contributed by atoms with Gasteiger partial charge in [-0.3, -0.25) is 9.59 Å². The van der Waals surface area contributed by atoms with E-state index in [0.29, 0.717) is 59.3 Å². The molecule has 0 radical (unpaired) electrons. The van der Waals surface area contributed by atoms with E-state index in [2.05, 4.69) is 10.4 Å². The van der Waals surface area contributed by atoms with Gasteiger partial charge in [-0.1, -0.05) is 0 Å². The number of alkyl halides is 1. The molecule has 2 amide bonds. The van der Waals surface area contributed by atoms with Gasteiger partial charge in [0.2, 0.25) is 5.91 Å². The molecule has 0 atom stereocenters. The number of amides is 2. The van der Waals surface area contributed by atoms with Crippen molar-refractivity contribution in [3.05, 3.63) is 65.5 Å². The molecule has 2 aromatic carbocycles. The number of benzene rings is 2. The number of anilines is 2. The maximum atomic E-state index is 13.7. The van der Waals surface area contributed by atoms with Crippen LogP contribution >= 0.6 is 11.6 Å². The van der Waals surface area contributed by atoms with E-state index in [4.69, 9.17) is 21.1 Å². The van der Waals surface area contributed by atoms with Crippen molar-refractivity contribution in [3.8, 4) is 11.4 Å². The summed E-state index contributed by atoms with van der Waals surface area (Å²) >= 11 is 5.67. The second-order valence-corrected chi connectivity index (χ2v) is 8.83. The molecule has 37 heavy (non-hydrogen) atoms. The first-order valence-electron chi connectivity index (χ1n) is 12.2. The van der Waals surface area contributed by atoms with Crippen LogP contribution < -0.4 is 15.0 Å². The van der Waals surface area contributed by atoms with Crippen LogP contribution in [0.15, 0.2) is 48.5 Å². The van der Waals surface area contributed by atoms with E-state index in [1.807, 2.05) is 0 Å². The summed E-state index contributed by atoms with van der Waals surface area (Å²) < 4.78 is 11.9. The number of rotatable bonds is 10. The highest BCUT2D eigenvalue weighted by molar-refractivity contribution is 6.17. The third kappa shape index (κ3) is 5.77. The number of ether oxygens (including phenoxy) is 2. The van der Waals surface area contributed by atoms with Gasteiger partial charge in [0.05, 0.1) is 19.4 Å². The van der Waals surface area contributed by atoms with Gasteiger partial charge in [-0.25, -0.2) is 9.48 Å². The van der Waals surface area contributed by atoms with Gasteiger partial charge in [0.1, 0.15) is 11.4 Å². The molecule has 1 aliphatic rings. The number of carbonyl (C=O) groups is 3. The van der Waals surface area contributed by atoms with Gasteiger partial charge in [-0.2, -0.15) is 5.10 Å². The molecule has 0 bridgehead atoms. The second-order valence-electron chi connectivity index (χ2n) is 8.45. The molecule has 0 spiro atoms. The first-order chi connectivity index (χ1) is 18.0. The Morgan fingerprint density at radius 2 is 1.78 bits per heavy atom. The first-order valence-corrected chi connectivity index (χ1v) is 12.7. The van der Waals surface area contributed by atoms with Crippen LogP contribution in [0.25, 0.3) is 5.69 Å². The van der Waals surface area contributed by atoms with Crippen molar-refractivity contribution in [2.75, 3.05) is 36.4 Å². The van der Waals surface area contributed by atoms with Crippen LogP contribution in [0.5, 0.6) is 5.75 Å². The molecule has 1 aromatic heterocycles. The SMILES string of the molecule is CCOC(=O)c1nn(-c2ccc(OC)cc2)c2c1CCN(c1ccc(NC(=O)CCCCCl)cc1)[14C]2=O. The lowest BCUT2D eigenvalue weighted by molar-refractivity contribution is -0.116. The van der Waals surface area contributed by atoms with Crippen molar-refractivity contribution < 1.29 is 23.9 Å². The third-order valence-electron chi connectivity index (χ3n) is 6.05. The summed E-state index contributed by atoms with van der Waals surface area (Å²) in [6.07, 6.45) is 2.36. The summed E-state index contributed by atoms with van der Waals surface area (Å²) in [5.74, 6) is 0.282. The second kappa shape index (κ2) is 11.9. The standard InChI is InChI=1S/C27H29ClN4O5/c1-3-37-27(35)24-22-15-17-31(19-9-7-18(8-10-19)29-23(33)6-4-5-16-28)26(34)25(22)32(30-24)20-11-13-21(36-2)14-12-20/h7-14H,3-6,15-17H2,1-2H3,(H,29,33)/i26+2. The Morgan fingerprint density at radius 1 is 1.08 bits per heavy atom. The molecule has 0 unspecified atom stereocenters. The summed E-state index contributed by atoms with van der Waals surface area (Å²) in [7, 11) is 1.57. The molecule has 2 heterocycles. The molecule has 3 aromatic rings. The molecule has 1 N–H and O–H groups in total. The Hall–Kier alpha value is -3.85. The van der Waals surface area contributed by atoms with Crippen molar-refractivity contribution in [2.24, 2.45) is 0 Å². The average Bonchev–Trinajstić information content (AvgIpc) is 3.31. The average molecular weight is 527 g/mol. The van der Waals surface area contributed by atoms with E-state index >= 15 is 0 Å². The molecular weight excluding hydrogens is 498 g/mol. The van der Waals surface area contributed by atoms with Gasteiger partial charge < -0.3 is 19.7 Å². The molecule has 4 rings (SSSR count). The number of carbonyl (C=O) groups excluding carboxylic acids is 3. The Balaban J connectivity index is 1.61. The van der Waals surface area contributed by atoms with Gasteiger partial charge in [0.15, 0.2) is 5.69 Å². The van der Waals surface area contributed by atoms with E-state index in [9.17, 15) is 14.4 Å². The maximum absolute atomic E-state index is 13.7. The molecule has 0 saturated carbocycles. The zero-order chi connectivity index (χ0) is 26.4. The zero-order valence-electron chi connectivity index (χ0n) is 20.8. The first kappa shape index (κ1) is 26.2. The van der Waals surface area contributed by atoms with Gasteiger partial charge >= 0.3 is 5.97 Å². The molecule has 194 valence electrons. The van der Waals surface area contributed by atoms with Gasteiger partial charge in [-0.05, 0) is 74.7 Å². The van der Waals surface area contributed by atoms with Gasteiger partial charge in [-0.15, -0.1) is 11.6 Å². The fourth-order valence-electron chi connectivity index (χ4n) is 4.21. The van der Waals surface area contributed by atoms with Crippen molar-refractivity contribution in [1.29, 1.82) is 0 Å². The van der Waals surface area contributed by atoms with E-state index in [1.165, 1.54) is 4.68 Å². The predicted molar refractivity (Wildman–Crippen MR) is 141 cm³/mol. The summed E-state index contributed by atoms with van der Waals surface area (Å²) in [4.78, 5) is 40.1. The van der Waals surface area contributed by atoms with E-state index in [1.54, 1.807) is 67.5 Å². The largest absolute Gasteiger partial charge is 0.497 e. The lowest BCUT2D eigenvalue weighted by atomic mass is 10.1. The van der Waals surface area contributed by atoms with Crippen LogP contribution in [0.3, 0.4) is 0 Å². The van der Waals surface area contributed by atoms with Crippen molar-refractivity contribution >= 4 is 40.8 Å². The summed E-state index contributed by atoms with van der Waals surface area (Å²) in [6.45, 7) is 2.30. The number of nitrogens with one attached hydrogen (secondary N) is 1. The van der Waals surface area contributed by atoms with Crippen LogP contribution in [0.1, 0.15) is 52.7 Å². The van der Waals surface area contributed by atoms with Gasteiger partial charge in [0, 0.05) is 35.8 Å². The molecule has 1 aliphatic heterocycles. The Morgan fingerprint density at radius 3 is 2.43 bits per heavy atom. The number of esters is 1. The normalized spacial score (nSPS) is 12.7. The van der Waals surface area contributed by atoms with Crippen LogP contribution in [-0.2, 0) is 16.0 Å². The van der Waals surface area contributed by atoms with E-state index in [0.717, 1.165) is 12.8 Å². The van der Waals surface area contributed by atoms with E-state index in [-0.39, 0.29) is 24.1 Å². The number of fused-ring (bicyclic) bond motifs is 1. The highest BCUT2D eigenvalue weighted by Crippen LogP contribution is 2.30. The highest BCUT2D eigenvalue weighted by Gasteiger charge is 2.35. The molecule has 9 nitrogen and oxygen atoms in total. The van der Waals surface area contributed by atoms with Crippen LogP contribution in [-0.4, -0.2) is 53.7 Å². The number of hydrogen-bond acceptors (Lipinski definition) is 6. The van der Waals surface area contributed by atoms with Gasteiger partial charge in [0.25, 0.3) is 5.91 Å². The van der Waals surface area contributed by atoms with Crippen molar-refractivity contribution in [3.63, 3.8) is 0 Å². The summed E-state index contributed by atoms with van der Waals surface area (Å²) in [5.41, 5.74) is 2.98. The van der Waals surface area contributed by atoms with Crippen molar-refractivity contribution in [2.45, 2.75) is 32.6 Å². The number of aromatic nitrogens is 2. The summed E-state index contributed by atoms with van der Waals surface area (Å²) in [5, 5.41) is 7.35. The fraction of sp³-hybridized carbons (Fsp3) is 0.333. The fourth-order valence-corrected chi connectivity index (χ4v) is 4.40. The molecule has 0 fully saturated rings. The number of halogens is 1. The monoisotopic (exact) mass is 526 g/mol. The molecule has 0 saturated heterocycles. The quantitative estimate of drug-likeness (QED) is 0.235. The van der Waals surface area contributed by atoms with E-state index < -0.39 is 5.97 Å². The topological polar surface area (TPSA) is 103 Å². The molecule has 0 aliphatic carbocycles. The smallest absolute Gasteiger partial charge is 0.359 e. The minimum Gasteiger partial charge on any atom is -0.497 e. The minimum absolute atomic E-state index is 0.0774. The molecule has 10 heteroatoms. The highest BCUT2D eigenvalue weighted by atomic mass is 35.5. The number of methoxy groups -OCH3 is 1. The number of hydrogen-bond donors (Lipinski definition) is 1.